The summed E-state index contributed by atoms with van der Waals surface area (Å²) >= 11 is 0. The van der Waals surface area contributed by atoms with Gasteiger partial charge < -0.3 is 5.32 Å². The maximum absolute atomic E-state index is 12.0. The van der Waals surface area contributed by atoms with Crippen molar-refractivity contribution in [1.29, 1.82) is 0 Å². The molecular weight excluding hydrogens is 248 g/mol. The molecule has 4 nitrogen and oxygen atoms in total. The lowest BCUT2D eigenvalue weighted by Gasteiger charge is -2.14. The molecule has 1 atom stereocenters. The molecule has 0 aliphatic heterocycles. The summed E-state index contributed by atoms with van der Waals surface area (Å²) in [6, 6.07) is 6.94. The van der Waals surface area contributed by atoms with Gasteiger partial charge >= 0.3 is 0 Å². The summed E-state index contributed by atoms with van der Waals surface area (Å²) in [5.74, 6) is 0.569. The molecule has 0 amide bonds. The second-order valence-electron chi connectivity index (χ2n) is 4.71. The smallest absolute Gasteiger partial charge is 0.242 e. The third kappa shape index (κ3) is 3.71. The SMILES string of the molecule is CCC(C)CNc1cccc(S(=O)(=O)N(C)C)c1. The molecule has 0 fully saturated rings. The highest BCUT2D eigenvalue weighted by Gasteiger charge is 2.17. The van der Waals surface area contributed by atoms with Crippen molar-refractivity contribution in [3.05, 3.63) is 24.3 Å². The normalized spacial score (nSPS) is 13.6. The molecule has 0 bridgehead atoms. The van der Waals surface area contributed by atoms with Gasteiger partial charge in [-0.05, 0) is 24.1 Å². The van der Waals surface area contributed by atoms with Gasteiger partial charge in [0.1, 0.15) is 0 Å². The Balaban J connectivity index is 2.87. The van der Waals surface area contributed by atoms with Gasteiger partial charge in [-0.15, -0.1) is 0 Å². The number of hydrogen-bond donors (Lipinski definition) is 1. The minimum Gasteiger partial charge on any atom is -0.385 e. The van der Waals surface area contributed by atoms with Gasteiger partial charge in [0.25, 0.3) is 0 Å². The van der Waals surface area contributed by atoms with Crippen molar-refractivity contribution < 1.29 is 8.42 Å². The van der Waals surface area contributed by atoms with Crippen molar-refractivity contribution in [2.24, 2.45) is 5.92 Å². The summed E-state index contributed by atoms with van der Waals surface area (Å²) in [7, 11) is -0.278. The van der Waals surface area contributed by atoms with Gasteiger partial charge in [-0.3, -0.25) is 0 Å². The Morgan fingerprint density at radius 2 is 2.00 bits per heavy atom. The monoisotopic (exact) mass is 270 g/mol. The van der Waals surface area contributed by atoms with E-state index >= 15 is 0 Å². The zero-order chi connectivity index (χ0) is 13.8. The Labute approximate surface area is 110 Å². The number of benzene rings is 1. The molecule has 1 aromatic rings. The standard InChI is InChI=1S/C13H22N2O2S/c1-5-11(2)10-14-12-7-6-8-13(9-12)18(16,17)15(3)4/h6-9,11,14H,5,10H2,1-4H3. The molecule has 1 aromatic carbocycles. The highest BCUT2D eigenvalue weighted by Crippen LogP contribution is 2.18. The van der Waals surface area contributed by atoms with Crippen LogP contribution in [0.15, 0.2) is 29.2 Å². The summed E-state index contributed by atoms with van der Waals surface area (Å²) < 4.78 is 25.2. The van der Waals surface area contributed by atoms with Crippen LogP contribution >= 0.6 is 0 Å². The molecule has 0 heterocycles. The number of sulfonamides is 1. The van der Waals surface area contributed by atoms with Crippen LogP contribution in [-0.2, 0) is 10.0 Å². The van der Waals surface area contributed by atoms with Crippen molar-refractivity contribution in [3.63, 3.8) is 0 Å². The summed E-state index contributed by atoms with van der Waals surface area (Å²) in [4.78, 5) is 0.321. The van der Waals surface area contributed by atoms with E-state index < -0.39 is 10.0 Å². The molecule has 18 heavy (non-hydrogen) atoms. The first kappa shape index (κ1) is 15.0. The van der Waals surface area contributed by atoms with Gasteiger partial charge in [-0.2, -0.15) is 0 Å². The van der Waals surface area contributed by atoms with Crippen molar-refractivity contribution >= 4 is 15.7 Å². The quantitative estimate of drug-likeness (QED) is 0.863. The van der Waals surface area contributed by atoms with Crippen molar-refractivity contribution in [2.75, 3.05) is 26.0 Å². The number of nitrogens with one attached hydrogen (secondary N) is 1. The zero-order valence-electron chi connectivity index (χ0n) is 11.5. The van der Waals surface area contributed by atoms with Crippen LogP contribution in [-0.4, -0.2) is 33.4 Å². The van der Waals surface area contributed by atoms with Gasteiger partial charge in [-0.1, -0.05) is 26.3 Å². The topological polar surface area (TPSA) is 49.4 Å². The van der Waals surface area contributed by atoms with E-state index in [9.17, 15) is 8.42 Å². The van der Waals surface area contributed by atoms with Gasteiger partial charge in [0.15, 0.2) is 0 Å². The van der Waals surface area contributed by atoms with Crippen molar-refractivity contribution in [1.82, 2.24) is 4.31 Å². The zero-order valence-corrected chi connectivity index (χ0v) is 12.3. The Bertz CT molecular complexity index is 484. The minimum absolute atomic E-state index is 0.321. The first-order valence-electron chi connectivity index (χ1n) is 6.14. The van der Waals surface area contributed by atoms with Gasteiger partial charge in [0.05, 0.1) is 4.90 Å². The first-order chi connectivity index (χ1) is 8.37. The highest BCUT2D eigenvalue weighted by atomic mass is 32.2. The lowest BCUT2D eigenvalue weighted by atomic mass is 10.1. The Kier molecular flexibility index (Phi) is 5.16. The Morgan fingerprint density at radius 1 is 1.33 bits per heavy atom. The van der Waals surface area contributed by atoms with Crippen LogP contribution in [0.2, 0.25) is 0 Å². The Hall–Kier alpha value is -1.07. The fourth-order valence-electron chi connectivity index (χ4n) is 1.41. The molecule has 5 heteroatoms. The van der Waals surface area contributed by atoms with Crippen LogP contribution in [0.1, 0.15) is 20.3 Å². The average Bonchev–Trinajstić information content (AvgIpc) is 2.36. The summed E-state index contributed by atoms with van der Waals surface area (Å²) in [5.41, 5.74) is 0.846. The van der Waals surface area contributed by atoms with Crippen LogP contribution in [0.4, 0.5) is 5.69 Å². The second kappa shape index (κ2) is 6.20. The highest BCUT2D eigenvalue weighted by molar-refractivity contribution is 7.89. The van der Waals surface area contributed by atoms with Gasteiger partial charge in [-0.25, -0.2) is 12.7 Å². The molecule has 0 aromatic heterocycles. The molecule has 0 saturated carbocycles. The molecular formula is C13H22N2O2S. The summed E-state index contributed by atoms with van der Waals surface area (Å²) in [5, 5.41) is 3.26. The lowest BCUT2D eigenvalue weighted by Crippen LogP contribution is -2.22. The first-order valence-corrected chi connectivity index (χ1v) is 7.58. The van der Waals surface area contributed by atoms with Crippen LogP contribution in [0, 0.1) is 5.92 Å². The largest absolute Gasteiger partial charge is 0.385 e. The maximum Gasteiger partial charge on any atom is 0.242 e. The van der Waals surface area contributed by atoms with Crippen LogP contribution in [0.5, 0.6) is 0 Å². The molecule has 0 aliphatic rings. The third-order valence-electron chi connectivity index (χ3n) is 2.96. The molecule has 0 aliphatic carbocycles. The minimum atomic E-state index is -3.35. The fraction of sp³-hybridized carbons (Fsp3) is 0.538. The molecule has 0 saturated heterocycles. The third-order valence-corrected chi connectivity index (χ3v) is 4.78. The Morgan fingerprint density at radius 3 is 2.56 bits per heavy atom. The summed E-state index contributed by atoms with van der Waals surface area (Å²) in [6.07, 6.45) is 1.10. The number of rotatable bonds is 6. The van der Waals surface area contributed by atoms with Crippen LogP contribution < -0.4 is 5.32 Å². The van der Waals surface area contributed by atoms with Crippen molar-refractivity contribution in [3.8, 4) is 0 Å². The van der Waals surface area contributed by atoms with E-state index in [0.717, 1.165) is 18.7 Å². The maximum atomic E-state index is 12.0. The van der Waals surface area contributed by atoms with Crippen LogP contribution in [0.25, 0.3) is 0 Å². The molecule has 0 radical (unpaired) electrons. The van der Waals surface area contributed by atoms with E-state index in [1.165, 1.54) is 18.4 Å². The van der Waals surface area contributed by atoms with E-state index in [2.05, 4.69) is 19.2 Å². The van der Waals surface area contributed by atoms with Crippen molar-refractivity contribution in [2.45, 2.75) is 25.2 Å². The van der Waals surface area contributed by atoms with E-state index in [0.29, 0.717) is 10.8 Å². The number of anilines is 1. The van der Waals surface area contributed by atoms with Gasteiger partial charge in [0.2, 0.25) is 10.0 Å². The lowest BCUT2D eigenvalue weighted by molar-refractivity contribution is 0.521. The molecule has 102 valence electrons. The van der Waals surface area contributed by atoms with Crippen LogP contribution in [0.3, 0.4) is 0 Å². The molecule has 1 N–H and O–H groups in total. The van der Waals surface area contributed by atoms with E-state index in [1.807, 2.05) is 6.07 Å². The van der Waals surface area contributed by atoms with E-state index in [-0.39, 0.29) is 0 Å². The fourth-order valence-corrected chi connectivity index (χ4v) is 2.36. The molecule has 0 spiro atoms. The number of hydrogen-bond acceptors (Lipinski definition) is 3. The van der Waals surface area contributed by atoms with E-state index in [1.54, 1.807) is 18.2 Å². The second-order valence-corrected chi connectivity index (χ2v) is 6.86. The molecule has 1 unspecified atom stereocenters. The molecule has 1 rings (SSSR count). The van der Waals surface area contributed by atoms with E-state index in [4.69, 9.17) is 0 Å². The predicted molar refractivity (Wildman–Crippen MR) is 75.3 cm³/mol. The summed E-state index contributed by atoms with van der Waals surface area (Å²) in [6.45, 7) is 5.15. The predicted octanol–water partition coefficient (Wildman–Crippen LogP) is 2.39. The number of nitrogens with zero attached hydrogens (tertiary/aromatic N) is 1. The van der Waals surface area contributed by atoms with Gasteiger partial charge in [0, 0.05) is 26.3 Å². The average molecular weight is 270 g/mol.